The van der Waals surface area contributed by atoms with E-state index in [4.69, 9.17) is 0 Å². The van der Waals surface area contributed by atoms with Crippen LogP contribution in [-0.2, 0) is 15.1 Å². The Hall–Kier alpha value is 0.854. The molecule has 0 amide bonds. The fourth-order valence-electron chi connectivity index (χ4n) is 2.05. The molecule has 1 aliphatic heterocycles. The molecule has 1 saturated heterocycles. The molecule has 0 aromatic rings. The first-order valence-electron chi connectivity index (χ1n) is 6.73. The first-order valence-corrected chi connectivity index (χ1v) is 12.9. The van der Waals surface area contributed by atoms with Crippen LogP contribution in [0.2, 0.25) is 10.5 Å². The first-order chi connectivity index (χ1) is 8.30. The molecule has 1 aliphatic rings. The number of rotatable bonds is 1. The Morgan fingerprint density at radius 1 is 0.667 bits per heavy atom. The van der Waals surface area contributed by atoms with Crippen molar-refractivity contribution in [3.05, 3.63) is 0 Å². The van der Waals surface area contributed by atoms with Crippen molar-refractivity contribution in [1.29, 1.82) is 0 Å². The molecule has 0 spiro atoms. The van der Waals surface area contributed by atoms with E-state index in [0.29, 0.717) is 26.2 Å². The Labute approximate surface area is 134 Å². The van der Waals surface area contributed by atoms with Gasteiger partial charge in [-0.05, 0) is 0 Å². The molecule has 0 bridgehead atoms. The molecule has 3 N–H and O–H groups in total. The fourth-order valence-corrected chi connectivity index (χ4v) is 4.86. The monoisotopic (exact) mass is 397 g/mol. The molecule has 133 valence electrons. The zero-order valence-corrected chi connectivity index (χ0v) is 15.6. The minimum absolute atomic E-state index is 0. The predicted octanol–water partition coefficient (Wildman–Crippen LogP) is 2.22. The summed E-state index contributed by atoms with van der Waals surface area (Å²) >= 11 is -9.46. The van der Waals surface area contributed by atoms with Gasteiger partial charge in [0.2, 0.25) is 0 Å². The van der Waals surface area contributed by atoms with E-state index in [2.05, 4.69) is 16.0 Å². The van der Waals surface area contributed by atoms with Gasteiger partial charge < -0.3 is 0 Å². The predicted molar refractivity (Wildman–Crippen MR) is 80.8 cm³/mol. The molecule has 4 nitrogen and oxygen atoms in total. The van der Waals surface area contributed by atoms with Gasteiger partial charge in [0.25, 0.3) is 0 Å². The fraction of sp³-hybridized carbons (Fsp3) is 1.00. The zero-order valence-electron chi connectivity index (χ0n) is 12.4. The van der Waals surface area contributed by atoms with Gasteiger partial charge in [-0.25, -0.2) is 0 Å². The van der Waals surface area contributed by atoms with Crippen molar-refractivity contribution in [2.45, 2.75) is 10.5 Å². The molecular formula is C10H27Cl2F4N4Ti. The molecule has 1 fully saturated rings. The molecule has 21 heavy (non-hydrogen) atoms. The van der Waals surface area contributed by atoms with Crippen molar-refractivity contribution in [3.8, 4) is 0 Å². The van der Waals surface area contributed by atoms with Gasteiger partial charge in [-0.15, -0.1) is 24.8 Å². The number of halogens is 6. The van der Waals surface area contributed by atoms with Crippen LogP contribution >= 0.6 is 24.8 Å². The first kappa shape index (κ1) is 24.1. The number of nitrogens with one attached hydrogen (secondary N) is 3. The number of nitrogens with zero attached hydrogens (tertiary/aromatic N) is 1. The molecular weight excluding hydrogens is 371 g/mol. The van der Waals surface area contributed by atoms with E-state index in [-0.39, 0.29) is 64.8 Å². The third-order valence-corrected chi connectivity index (χ3v) is 7.35. The summed E-state index contributed by atoms with van der Waals surface area (Å²) in [4.78, 5) is 0. The normalized spacial score (nSPS) is 25.3. The average molecular weight is 398 g/mol. The van der Waals surface area contributed by atoms with Gasteiger partial charge in [-0.1, -0.05) is 0 Å². The van der Waals surface area contributed by atoms with Crippen LogP contribution in [0.4, 0.5) is 12.4 Å². The van der Waals surface area contributed by atoms with Crippen molar-refractivity contribution in [2.24, 2.45) is 0 Å². The molecule has 0 radical (unpaired) electrons. The van der Waals surface area contributed by atoms with Gasteiger partial charge in [0.15, 0.2) is 0 Å². The van der Waals surface area contributed by atoms with Gasteiger partial charge in [0.05, 0.1) is 0 Å². The molecule has 0 aromatic carbocycles. The second-order valence-electron chi connectivity index (χ2n) is 6.46. The molecule has 0 aromatic heterocycles. The van der Waals surface area contributed by atoms with Crippen LogP contribution in [0.5, 0.6) is 0 Å². The Bertz CT molecular complexity index is 314. The summed E-state index contributed by atoms with van der Waals surface area (Å²) in [6, 6.07) is 0. The number of hydrogen-bond acceptors (Lipinski definition) is 4. The Morgan fingerprint density at radius 3 is 1.24 bits per heavy atom. The van der Waals surface area contributed by atoms with Gasteiger partial charge >= 0.3 is 110 Å². The third-order valence-electron chi connectivity index (χ3n) is 3.18. The quantitative estimate of drug-likeness (QED) is 0.468. The van der Waals surface area contributed by atoms with E-state index in [1.807, 2.05) is 0 Å². The van der Waals surface area contributed by atoms with E-state index >= 15 is 0 Å². The van der Waals surface area contributed by atoms with Crippen LogP contribution in [0.25, 0.3) is 0 Å². The third kappa shape index (κ3) is 10.3. The van der Waals surface area contributed by atoms with Crippen LogP contribution in [-0.4, -0.2) is 55.7 Å². The summed E-state index contributed by atoms with van der Waals surface area (Å²) < 4.78 is 56.5. The summed E-state index contributed by atoms with van der Waals surface area (Å²) in [7, 11) is 0. The van der Waals surface area contributed by atoms with E-state index in [1.54, 1.807) is 0 Å². The SMILES string of the molecule is Cl.Cl.[CH3][Ti]([CH3])([F])([F])([F])([F])[N]1CCNCCNCCNCC1. The Kier molecular flexibility index (Phi) is 7.34. The topological polar surface area (TPSA) is 39.3 Å². The molecule has 0 saturated carbocycles. The van der Waals surface area contributed by atoms with Crippen LogP contribution in [0.15, 0.2) is 0 Å². The summed E-state index contributed by atoms with van der Waals surface area (Å²) in [5, 5.41) is 8.66. The van der Waals surface area contributed by atoms with Crippen molar-refractivity contribution in [3.63, 3.8) is 0 Å². The standard InChI is InChI=1S/C8H19N4.2CH3.2ClH.4FH.Ti/c1-2-10-5-6-12-8-7-11-4-3-9-1;;;;;;;;;/h9-11H,1-8H2;2*1H3;6*1H;/q-1;;;;;;;;;+5/p-4. The van der Waals surface area contributed by atoms with E-state index < -0.39 is 15.1 Å². The van der Waals surface area contributed by atoms with Crippen LogP contribution < -0.4 is 16.0 Å². The van der Waals surface area contributed by atoms with Crippen molar-refractivity contribution in [2.75, 3.05) is 52.4 Å². The Balaban J connectivity index is 0. The second-order valence-corrected chi connectivity index (χ2v) is 17.5. The van der Waals surface area contributed by atoms with E-state index in [9.17, 15) is 12.4 Å². The van der Waals surface area contributed by atoms with Gasteiger partial charge in [-0.3, -0.25) is 0 Å². The molecule has 0 unspecified atom stereocenters. The second kappa shape index (κ2) is 6.39. The summed E-state index contributed by atoms with van der Waals surface area (Å²) in [5.74, 6) is 0. The van der Waals surface area contributed by atoms with Crippen molar-refractivity contribution in [1.82, 2.24) is 19.3 Å². The van der Waals surface area contributed by atoms with Gasteiger partial charge in [0.1, 0.15) is 0 Å². The van der Waals surface area contributed by atoms with Crippen LogP contribution in [0, 0.1) is 0 Å². The van der Waals surface area contributed by atoms with E-state index in [1.165, 1.54) is 0 Å². The maximum atomic E-state index is 14.1. The molecule has 1 rings (SSSR count). The minimum atomic E-state index is -9.46. The van der Waals surface area contributed by atoms with Gasteiger partial charge in [0, 0.05) is 0 Å². The van der Waals surface area contributed by atoms with Crippen molar-refractivity contribution >= 4 is 24.8 Å². The average Bonchev–Trinajstić information content (AvgIpc) is 2.13. The molecule has 0 aliphatic carbocycles. The van der Waals surface area contributed by atoms with Crippen molar-refractivity contribution < 1.29 is 27.5 Å². The van der Waals surface area contributed by atoms with Gasteiger partial charge in [-0.2, -0.15) is 0 Å². The summed E-state index contributed by atoms with van der Waals surface area (Å²) in [6.07, 6.45) is 0. The van der Waals surface area contributed by atoms with Crippen LogP contribution in [0.3, 0.4) is 0 Å². The summed E-state index contributed by atoms with van der Waals surface area (Å²) in [5.41, 5.74) is 0. The Morgan fingerprint density at radius 2 is 0.952 bits per heavy atom. The maximum absolute atomic E-state index is 14.1. The summed E-state index contributed by atoms with van der Waals surface area (Å²) in [6.45, 7) is 2.06. The molecule has 1 heterocycles. The van der Waals surface area contributed by atoms with E-state index in [0.717, 1.165) is 0 Å². The van der Waals surface area contributed by atoms with Crippen LogP contribution in [0.1, 0.15) is 0 Å². The number of hydrogen-bond donors (Lipinski definition) is 3. The zero-order chi connectivity index (χ0) is 14.7. The molecule has 0 atom stereocenters. The molecule has 11 heteroatoms.